The van der Waals surface area contributed by atoms with E-state index in [1.807, 2.05) is 11.8 Å². The monoisotopic (exact) mass is 718 g/mol. The third-order valence-electron chi connectivity index (χ3n) is 8.02. The molecule has 0 atom stereocenters. The zero-order valence-electron chi connectivity index (χ0n) is 26.3. The van der Waals surface area contributed by atoms with E-state index >= 15 is 0 Å². The van der Waals surface area contributed by atoms with Crippen LogP contribution in [0.2, 0.25) is 0 Å². The molecule has 0 radical (unpaired) electrons. The van der Waals surface area contributed by atoms with E-state index in [1.165, 1.54) is 18.0 Å². The fourth-order valence-corrected chi connectivity index (χ4v) is 5.85. The Morgan fingerprint density at radius 3 is 1.94 bits per heavy atom. The van der Waals surface area contributed by atoms with Gasteiger partial charge in [-0.1, -0.05) is 5.10 Å². The van der Waals surface area contributed by atoms with Crippen molar-refractivity contribution in [2.24, 2.45) is 18.9 Å². The minimum absolute atomic E-state index is 0. The maximum atomic E-state index is 13.6. The molecule has 2 aromatic carbocycles. The number of anilines is 2. The van der Waals surface area contributed by atoms with E-state index in [4.69, 9.17) is 4.74 Å². The first-order chi connectivity index (χ1) is 21.9. The average Bonchev–Trinajstić information content (AvgIpc) is 3.41. The van der Waals surface area contributed by atoms with Gasteiger partial charge < -0.3 is 19.3 Å². The highest BCUT2D eigenvalue weighted by molar-refractivity contribution is 5.85. The topological polar surface area (TPSA) is 68.5 Å². The number of hydrogen-bond donors (Lipinski definition) is 0. The molecule has 0 saturated heterocycles. The number of rotatable bonds is 12. The summed E-state index contributed by atoms with van der Waals surface area (Å²) in [5.74, 6) is 0.0250. The smallest absolute Gasteiger partial charge is 0.406 e. The van der Waals surface area contributed by atoms with Crippen molar-refractivity contribution in [1.29, 1.82) is 0 Å². The lowest BCUT2D eigenvalue weighted by atomic mass is 9.82. The van der Waals surface area contributed by atoms with E-state index in [0.717, 1.165) is 42.6 Å². The molecule has 0 aliphatic heterocycles. The summed E-state index contributed by atoms with van der Waals surface area (Å²) in [6, 6.07) is 4.97. The zero-order valence-corrected chi connectivity index (χ0v) is 27.1. The van der Waals surface area contributed by atoms with Crippen LogP contribution < -0.4 is 14.5 Å². The quantitative estimate of drug-likeness (QED) is 0.176. The maximum absolute atomic E-state index is 13.6. The van der Waals surface area contributed by atoms with Crippen molar-refractivity contribution in [2.45, 2.75) is 64.4 Å². The Hall–Kier alpha value is -3.47. The Morgan fingerprint density at radius 2 is 1.44 bits per heavy atom. The number of nitrogens with zero attached hydrogens (tertiary/aromatic N) is 6. The van der Waals surface area contributed by atoms with Crippen LogP contribution >= 0.6 is 12.4 Å². The summed E-state index contributed by atoms with van der Waals surface area (Å²) in [5.41, 5.74) is -2.60. The summed E-state index contributed by atoms with van der Waals surface area (Å²) >= 11 is 0. The van der Waals surface area contributed by atoms with Crippen LogP contribution in [-0.2, 0) is 37.2 Å². The summed E-state index contributed by atoms with van der Waals surface area (Å²) in [5, 5.41) is 11.7. The highest BCUT2D eigenvalue weighted by atomic mass is 35.5. The molecule has 1 aliphatic rings. The lowest BCUT2D eigenvalue weighted by molar-refractivity contribution is -0.274. The van der Waals surface area contributed by atoms with Crippen molar-refractivity contribution in [3.05, 3.63) is 58.7 Å². The first kappa shape index (κ1) is 39.0. The number of alkyl halides is 9. The second kappa shape index (κ2) is 15.8. The predicted octanol–water partition coefficient (Wildman–Crippen LogP) is 8.05. The molecule has 0 bridgehead atoms. The molecule has 48 heavy (non-hydrogen) atoms. The summed E-state index contributed by atoms with van der Waals surface area (Å²) in [6.07, 6.45) is -11.4. The molecule has 1 saturated carbocycles. The third kappa shape index (κ3) is 10.8. The lowest BCUT2D eigenvalue weighted by Gasteiger charge is -2.35. The van der Waals surface area contributed by atoms with Gasteiger partial charge in [0.1, 0.15) is 5.75 Å². The van der Waals surface area contributed by atoms with Crippen LogP contribution in [0.4, 0.5) is 51.1 Å². The van der Waals surface area contributed by atoms with Crippen molar-refractivity contribution in [2.75, 3.05) is 36.6 Å². The Labute approximate surface area is 277 Å². The van der Waals surface area contributed by atoms with Gasteiger partial charge in [-0.2, -0.15) is 31.1 Å². The number of aryl methyl sites for hydroxylation is 1. The number of ether oxygens (including phenoxy) is 2. The van der Waals surface area contributed by atoms with Crippen LogP contribution in [0.15, 0.2) is 36.4 Å². The Morgan fingerprint density at radius 1 is 0.833 bits per heavy atom. The van der Waals surface area contributed by atoms with Crippen LogP contribution in [-0.4, -0.2) is 53.4 Å². The van der Waals surface area contributed by atoms with Crippen molar-refractivity contribution >= 4 is 24.0 Å². The van der Waals surface area contributed by atoms with Gasteiger partial charge in [-0.3, -0.25) is 0 Å². The Bertz CT molecular complexity index is 1440. The number of benzene rings is 2. The van der Waals surface area contributed by atoms with Gasteiger partial charge in [-0.25, -0.2) is 0 Å². The maximum Gasteiger partial charge on any atom is 0.573 e. The van der Waals surface area contributed by atoms with Crippen molar-refractivity contribution < 1.29 is 49.0 Å². The molecular weight excluding hydrogens is 683 g/mol. The van der Waals surface area contributed by atoms with E-state index in [-0.39, 0.29) is 48.0 Å². The van der Waals surface area contributed by atoms with Crippen LogP contribution in [0.3, 0.4) is 0 Å². The molecule has 0 amide bonds. The van der Waals surface area contributed by atoms with Gasteiger partial charge in [0.05, 0.1) is 18.2 Å². The van der Waals surface area contributed by atoms with Crippen molar-refractivity contribution in [3.8, 4) is 5.75 Å². The van der Waals surface area contributed by atoms with Gasteiger partial charge in [0.25, 0.3) is 5.95 Å². The molecular formula is C30H36ClF9N6O2. The fourth-order valence-electron chi connectivity index (χ4n) is 5.85. The number of methoxy groups -OCH3 is 1. The predicted molar refractivity (Wildman–Crippen MR) is 161 cm³/mol. The highest BCUT2D eigenvalue weighted by Crippen LogP contribution is 2.38. The minimum atomic E-state index is -5.08. The van der Waals surface area contributed by atoms with Gasteiger partial charge in [-0.05, 0) is 97.2 Å². The van der Waals surface area contributed by atoms with E-state index in [2.05, 4.69) is 20.1 Å². The number of aromatic nitrogens is 4. The molecule has 0 spiro atoms. The van der Waals surface area contributed by atoms with Crippen LogP contribution in [0.5, 0.6) is 5.75 Å². The SMILES string of the molecule is CCN(C[C@H]1CC[C@H](COC)CC1)c1ccc(OC(F)(F)F)cc1CN(Cc1cc(C(F)(F)F)cc(C(F)(F)F)c1)c1nnn(C)n1.Cl. The third-order valence-corrected chi connectivity index (χ3v) is 8.02. The van der Waals surface area contributed by atoms with Crippen LogP contribution in [0, 0.1) is 11.8 Å². The molecule has 8 nitrogen and oxygen atoms in total. The second-order valence-electron chi connectivity index (χ2n) is 11.6. The highest BCUT2D eigenvalue weighted by Gasteiger charge is 2.37. The summed E-state index contributed by atoms with van der Waals surface area (Å²) in [6.45, 7) is 2.73. The number of halogens is 10. The standard InChI is InChI=1S/C30H35F9N6O2.ClH/c1-4-44(15-19-5-7-20(8-6-19)18-46-3)26-10-9-25(47-30(37,38)39)13-22(26)17-45(27-40-42-43(2)41-27)16-21-11-23(28(31,32)33)14-24(12-21)29(34,35)36;/h9-14,19-20H,4-8,15-18H2,1-3H3;1H/t19-,20-;. The number of hydrogen-bond acceptors (Lipinski definition) is 7. The van der Waals surface area contributed by atoms with Crippen molar-refractivity contribution in [3.63, 3.8) is 0 Å². The Kier molecular flexibility index (Phi) is 12.9. The lowest BCUT2D eigenvalue weighted by Crippen LogP contribution is -2.33. The molecule has 0 N–H and O–H groups in total. The first-order valence-corrected chi connectivity index (χ1v) is 14.8. The molecule has 1 aromatic heterocycles. The number of tetrazole rings is 1. The van der Waals surface area contributed by atoms with E-state index in [9.17, 15) is 39.5 Å². The molecule has 268 valence electrons. The van der Waals surface area contributed by atoms with E-state index < -0.39 is 42.1 Å². The molecule has 3 aromatic rings. The molecule has 0 unspecified atom stereocenters. The van der Waals surface area contributed by atoms with E-state index in [0.29, 0.717) is 43.4 Å². The molecule has 1 fully saturated rings. The van der Waals surface area contributed by atoms with Gasteiger partial charge >= 0.3 is 18.7 Å². The van der Waals surface area contributed by atoms with Gasteiger partial charge in [-0.15, -0.1) is 30.7 Å². The molecule has 1 aliphatic carbocycles. The summed E-state index contributed by atoms with van der Waals surface area (Å²) in [7, 11) is 3.06. The molecule has 1 heterocycles. The van der Waals surface area contributed by atoms with Crippen molar-refractivity contribution in [1.82, 2.24) is 20.2 Å². The summed E-state index contributed by atoms with van der Waals surface area (Å²) in [4.78, 5) is 4.28. The zero-order chi connectivity index (χ0) is 34.6. The van der Waals surface area contributed by atoms with Gasteiger partial charge in [0, 0.05) is 45.6 Å². The van der Waals surface area contributed by atoms with Crippen LogP contribution in [0.25, 0.3) is 0 Å². The normalized spacial score (nSPS) is 17.2. The molecule has 4 rings (SSSR count). The summed E-state index contributed by atoms with van der Waals surface area (Å²) < 4.78 is 131. The average molecular weight is 719 g/mol. The van der Waals surface area contributed by atoms with E-state index in [1.54, 1.807) is 7.11 Å². The minimum Gasteiger partial charge on any atom is -0.406 e. The van der Waals surface area contributed by atoms with Gasteiger partial charge in [0.2, 0.25) is 0 Å². The first-order valence-electron chi connectivity index (χ1n) is 14.8. The largest absolute Gasteiger partial charge is 0.573 e. The fraction of sp³-hybridized carbons (Fsp3) is 0.567. The molecule has 18 heteroatoms. The Balaban J connectivity index is 0.00000625. The van der Waals surface area contributed by atoms with Gasteiger partial charge in [0.15, 0.2) is 0 Å². The van der Waals surface area contributed by atoms with Crippen LogP contribution in [0.1, 0.15) is 54.9 Å². The second-order valence-corrected chi connectivity index (χ2v) is 11.6.